The van der Waals surface area contributed by atoms with Crippen LogP contribution in [0.3, 0.4) is 0 Å². The van der Waals surface area contributed by atoms with Gasteiger partial charge in [-0.05, 0) is 18.9 Å². The molecule has 0 spiro atoms. The highest BCUT2D eigenvalue weighted by Gasteiger charge is 2.15. The van der Waals surface area contributed by atoms with Crippen LogP contribution in [0.1, 0.15) is 30.7 Å². The molecular weight excluding hydrogens is 244 g/mol. The third-order valence-corrected chi connectivity index (χ3v) is 3.97. The number of hydrogen-bond donors (Lipinski definition) is 3. The van der Waals surface area contributed by atoms with E-state index in [1.807, 2.05) is 11.4 Å². The van der Waals surface area contributed by atoms with Crippen LogP contribution in [0.25, 0.3) is 0 Å². The number of halogens is 1. The van der Waals surface area contributed by atoms with Gasteiger partial charge in [0.15, 0.2) is 0 Å². The van der Waals surface area contributed by atoms with Crippen LogP contribution in [0.4, 0.5) is 0 Å². The molecule has 3 nitrogen and oxygen atoms in total. The Morgan fingerprint density at radius 3 is 2.81 bits per heavy atom. The highest BCUT2D eigenvalue weighted by atomic mass is 35.5. The normalized spacial score (nSPS) is 15.0. The summed E-state index contributed by atoms with van der Waals surface area (Å²) in [5.41, 5.74) is 5.75. The lowest BCUT2D eigenvalue weighted by atomic mass is 10.1. The Bertz CT molecular complexity index is 306. The zero-order valence-corrected chi connectivity index (χ0v) is 11.0. The van der Waals surface area contributed by atoms with Gasteiger partial charge in [-0.2, -0.15) is 0 Å². The van der Waals surface area contributed by atoms with E-state index in [9.17, 15) is 0 Å². The summed E-state index contributed by atoms with van der Waals surface area (Å²) in [5.74, 6) is 0. The molecule has 2 atom stereocenters. The first-order valence-electron chi connectivity index (χ1n) is 5.52. The molecule has 0 fully saturated rings. The van der Waals surface area contributed by atoms with Gasteiger partial charge in [0.25, 0.3) is 0 Å². The van der Waals surface area contributed by atoms with Crippen LogP contribution >= 0.6 is 22.9 Å². The SMILES string of the molecule is CCC(CCO)NC(CN)c1cc(Cl)cs1. The summed E-state index contributed by atoms with van der Waals surface area (Å²) >= 11 is 7.51. The molecule has 1 heterocycles. The van der Waals surface area contributed by atoms with Gasteiger partial charge < -0.3 is 16.2 Å². The van der Waals surface area contributed by atoms with Crippen LogP contribution in [-0.2, 0) is 0 Å². The summed E-state index contributed by atoms with van der Waals surface area (Å²) in [7, 11) is 0. The summed E-state index contributed by atoms with van der Waals surface area (Å²) in [4.78, 5) is 1.16. The molecule has 5 heteroatoms. The van der Waals surface area contributed by atoms with Gasteiger partial charge in [-0.15, -0.1) is 11.3 Å². The second kappa shape index (κ2) is 7.25. The van der Waals surface area contributed by atoms with E-state index in [0.29, 0.717) is 12.6 Å². The van der Waals surface area contributed by atoms with Crippen LogP contribution < -0.4 is 11.1 Å². The molecule has 1 aromatic rings. The van der Waals surface area contributed by atoms with E-state index in [4.69, 9.17) is 22.4 Å². The highest BCUT2D eigenvalue weighted by molar-refractivity contribution is 7.10. The molecule has 4 N–H and O–H groups in total. The van der Waals surface area contributed by atoms with Crippen LogP contribution in [0.2, 0.25) is 5.02 Å². The molecule has 0 radical (unpaired) electrons. The molecule has 0 aromatic carbocycles. The molecule has 92 valence electrons. The molecule has 1 aromatic heterocycles. The second-order valence-electron chi connectivity index (χ2n) is 3.74. The summed E-state index contributed by atoms with van der Waals surface area (Å²) < 4.78 is 0. The lowest BCUT2D eigenvalue weighted by Crippen LogP contribution is -2.36. The number of thiophene rings is 1. The molecule has 1 rings (SSSR count). The minimum absolute atomic E-state index is 0.133. The summed E-state index contributed by atoms with van der Waals surface area (Å²) in [6.07, 6.45) is 1.74. The number of aliphatic hydroxyl groups excluding tert-OH is 1. The van der Waals surface area contributed by atoms with Gasteiger partial charge in [0.2, 0.25) is 0 Å². The van der Waals surface area contributed by atoms with Crippen molar-refractivity contribution < 1.29 is 5.11 Å². The molecule has 16 heavy (non-hydrogen) atoms. The Labute approximate surface area is 106 Å². The minimum atomic E-state index is 0.133. The van der Waals surface area contributed by atoms with Gasteiger partial charge in [0.05, 0.1) is 11.1 Å². The molecule has 0 aliphatic heterocycles. The average Bonchev–Trinajstić information content (AvgIpc) is 2.71. The topological polar surface area (TPSA) is 58.3 Å². The largest absolute Gasteiger partial charge is 0.396 e. The van der Waals surface area contributed by atoms with E-state index in [0.717, 1.165) is 22.7 Å². The third kappa shape index (κ3) is 4.03. The van der Waals surface area contributed by atoms with Gasteiger partial charge in [-0.3, -0.25) is 0 Å². The Kier molecular flexibility index (Phi) is 6.31. The molecular formula is C11H19ClN2OS. The van der Waals surface area contributed by atoms with Crippen molar-refractivity contribution in [2.24, 2.45) is 5.73 Å². The fourth-order valence-electron chi connectivity index (χ4n) is 1.62. The molecule has 2 unspecified atom stereocenters. The maximum absolute atomic E-state index is 8.94. The quantitative estimate of drug-likeness (QED) is 0.706. The minimum Gasteiger partial charge on any atom is -0.396 e. The van der Waals surface area contributed by atoms with Crippen LogP contribution in [0, 0.1) is 0 Å². The monoisotopic (exact) mass is 262 g/mol. The first kappa shape index (κ1) is 13.9. The first-order valence-corrected chi connectivity index (χ1v) is 6.77. The lowest BCUT2D eigenvalue weighted by Gasteiger charge is -2.22. The Morgan fingerprint density at radius 2 is 2.38 bits per heavy atom. The van der Waals surface area contributed by atoms with E-state index in [-0.39, 0.29) is 12.6 Å². The molecule has 0 bridgehead atoms. The predicted molar refractivity (Wildman–Crippen MR) is 70.0 cm³/mol. The van der Waals surface area contributed by atoms with E-state index in [1.165, 1.54) is 0 Å². The van der Waals surface area contributed by atoms with Crippen molar-refractivity contribution in [3.8, 4) is 0 Å². The fraction of sp³-hybridized carbons (Fsp3) is 0.636. The van der Waals surface area contributed by atoms with E-state index >= 15 is 0 Å². The number of aliphatic hydroxyl groups is 1. The molecule has 0 saturated carbocycles. The standard InChI is InChI=1S/C11H19ClN2OS/c1-2-9(3-4-15)14-10(6-13)11-5-8(12)7-16-11/h5,7,9-10,14-15H,2-4,6,13H2,1H3. The van der Waals surface area contributed by atoms with Crippen LogP contribution in [-0.4, -0.2) is 24.3 Å². The van der Waals surface area contributed by atoms with Gasteiger partial charge in [-0.1, -0.05) is 18.5 Å². The van der Waals surface area contributed by atoms with Crippen molar-refractivity contribution in [2.75, 3.05) is 13.2 Å². The second-order valence-corrected chi connectivity index (χ2v) is 5.12. The summed E-state index contributed by atoms with van der Waals surface area (Å²) in [5, 5.41) is 15.1. The predicted octanol–water partition coefficient (Wildman–Crippen LogP) is 2.15. The van der Waals surface area contributed by atoms with Crippen molar-refractivity contribution in [2.45, 2.75) is 31.8 Å². The number of nitrogens with one attached hydrogen (secondary N) is 1. The average molecular weight is 263 g/mol. The maximum atomic E-state index is 8.94. The highest BCUT2D eigenvalue weighted by Crippen LogP contribution is 2.25. The van der Waals surface area contributed by atoms with Gasteiger partial charge in [0, 0.05) is 29.5 Å². The Hall–Kier alpha value is -0.130. The van der Waals surface area contributed by atoms with E-state index < -0.39 is 0 Å². The zero-order valence-electron chi connectivity index (χ0n) is 9.45. The number of hydrogen-bond acceptors (Lipinski definition) is 4. The smallest absolute Gasteiger partial charge is 0.0541 e. The van der Waals surface area contributed by atoms with E-state index in [1.54, 1.807) is 11.3 Å². The van der Waals surface area contributed by atoms with Gasteiger partial charge in [-0.25, -0.2) is 0 Å². The van der Waals surface area contributed by atoms with Gasteiger partial charge in [0.1, 0.15) is 0 Å². The third-order valence-electron chi connectivity index (χ3n) is 2.57. The number of rotatable bonds is 7. The zero-order chi connectivity index (χ0) is 12.0. The van der Waals surface area contributed by atoms with E-state index in [2.05, 4.69) is 12.2 Å². The van der Waals surface area contributed by atoms with Crippen molar-refractivity contribution >= 4 is 22.9 Å². The first-order chi connectivity index (χ1) is 7.71. The molecule has 0 saturated heterocycles. The van der Waals surface area contributed by atoms with Crippen molar-refractivity contribution in [1.29, 1.82) is 0 Å². The van der Waals surface area contributed by atoms with Crippen molar-refractivity contribution in [1.82, 2.24) is 5.32 Å². The van der Waals surface area contributed by atoms with Crippen LogP contribution in [0.5, 0.6) is 0 Å². The van der Waals surface area contributed by atoms with Crippen molar-refractivity contribution in [3.05, 3.63) is 21.3 Å². The Morgan fingerprint density at radius 1 is 1.62 bits per heavy atom. The summed E-state index contributed by atoms with van der Waals surface area (Å²) in [6, 6.07) is 2.39. The number of nitrogens with two attached hydrogens (primary N) is 1. The maximum Gasteiger partial charge on any atom is 0.0541 e. The Balaban J connectivity index is 2.60. The molecule has 0 aliphatic rings. The molecule has 0 amide bonds. The molecule has 0 aliphatic carbocycles. The van der Waals surface area contributed by atoms with Crippen molar-refractivity contribution in [3.63, 3.8) is 0 Å². The summed E-state index contributed by atoms with van der Waals surface area (Å²) in [6.45, 7) is 2.84. The van der Waals surface area contributed by atoms with Crippen LogP contribution in [0.15, 0.2) is 11.4 Å². The van der Waals surface area contributed by atoms with Gasteiger partial charge >= 0.3 is 0 Å². The fourth-order valence-corrected chi connectivity index (χ4v) is 2.78. The lowest BCUT2D eigenvalue weighted by molar-refractivity contribution is 0.256.